The van der Waals surface area contributed by atoms with Gasteiger partial charge in [0.2, 0.25) is 5.91 Å². The van der Waals surface area contributed by atoms with Gasteiger partial charge in [-0.3, -0.25) is 9.59 Å². The third-order valence-electron chi connectivity index (χ3n) is 4.30. The molecule has 0 fully saturated rings. The largest absolute Gasteiger partial charge is 0.348 e. The summed E-state index contributed by atoms with van der Waals surface area (Å²) in [7, 11) is 0. The average Bonchev–Trinajstić information content (AvgIpc) is 3.24. The summed E-state index contributed by atoms with van der Waals surface area (Å²) >= 11 is 1.51. The number of aryl methyl sites for hydroxylation is 2. The first-order chi connectivity index (χ1) is 12.5. The van der Waals surface area contributed by atoms with Crippen molar-refractivity contribution in [2.24, 2.45) is 0 Å². The summed E-state index contributed by atoms with van der Waals surface area (Å²) in [6.45, 7) is 6.19. The normalized spacial score (nSPS) is 11.0. The number of nitrogens with one attached hydrogen (secondary N) is 1. The van der Waals surface area contributed by atoms with Gasteiger partial charge in [-0.15, -0.1) is 10.2 Å². The van der Waals surface area contributed by atoms with Crippen LogP contribution in [0.5, 0.6) is 0 Å². The molecule has 0 saturated heterocycles. The number of Topliss-reactive ketones (excluding diaryl/α,β-unsaturated/α-hetero) is 1. The lowest BCUT2D eigenvalue weighted by atomic mass is 10.1. The molecule has 1 amide bonds. The molecule has 1 aromatic carbocycles. The highest BCUT2D eigenvalue weighted by Gasteiger charge is 2.16. The van der Waals surface area contributed by atoms with Crippen LogP contribution >= 0.6 is 11.3 Å². The molecular weight excluding hydrogens is 348 g/mol. The molecule has 0 aliphatic heterocycles. The fourth-order valence-corrected chi connectivity index (χ4v) is 3.74. The summed E-state index contributed by atoms with van der Waals surface area (Å²) in [6.07, 6.45) is 3.46. The van der Waals surface area contributed by atoms with Crippen LogP contribution in [0.25, 0.3) is 10.9 Å². The van der Waals surface area contributed by atoms with Gasteiger partial charge in [-0.1, -0.05) is 43.4 Å². The molecule has 0 aliphatic rings. The molecule has 136 valence electrons. The van der Waals surface area contributed by atoms with Crippen LogP contribution < -0.4 is 5.32 Å². The minimum Gasteiger partial charge on any atom is -0.348 e. The van der Waals surface area contributed by atoms with E-state index < -0.39 is 0 Å². The van der Waals surface area contributed by atoms with E-state index in [9.17, 15) is 9.59 Å². The average molecular weight is 370 g/mol. The predicted molar refractivity (Wildman–Crippen MR) is 102 cm³/mol. The molecule has 0 aliphatic carbocycles. The second-order valence-corrected chi connectivity index (χ2v) is 7.26. The molecule has 3 aromatic rings. The van der Waals surface area contributed by atoms with E-state index in [0.717, 1.165) is 39.3 Å². The van der Waals surface area contributed by atoms with Crippen LogP contribution in [0.1, 0.15) is 46.7 Å². The third-order valence-corrected chi connectivity index (χ3v) is 5.37. The van der Waals surface area contributed by atoms with Gasteiger partial charge in [-0.2, -0.15) is 0 Å². The van der Waals surface area contributed by atoms with E-state index in [2.05, 4.69) is 22.4 Å². The van der Waals surface area contributed by atoms with Gasteiger partial charge in [0.1, 0.15) is 16.6 Å². The van der Waals surface area contributed by atoms with Crippen molar-refractivity contribution in [2.75, 3.05) is 0 Å². The zero-order valence-corrected chi connectivity index (χ0v) is 16.0. The molecule has 0 bridgehead atoms. The lowest BCUT2D eigenvalue weighted by Gasteiger charge is -2.09. The van der Waals surface area contributed by atoms with Gasteiger partial charge in [0.15, 0.2) is 5.78 Å². The second-order valence-electron chi connectivity index (χ2n) is 6.11. The summed E-state index contributed by atoms with van der Waals surface area (Å²) < 4.78 is 1.87. The van der Waals surface area contributed by atoms with Crippen LogP contribution in [0, 0.1) is 0 Å². The topological polar surface area (TPSA) is 76.9 Å². The standard InChI is InChI=1S/C19H22N4O2S/c1-4-13-7-6-8-14-15(12(3)24)10-23(19(13)14)11-16(25)20-9-18-22-21-17(5-2)26-18/h6-8,10H,4-5,9,11H2,1-3H3,(H,20,25). The summed E-state index contributed by atoms with van der Waals surface area (Å²) in [5.74, 6) is -0.112. The number of fused-ring (bicyclic) bond motifs is 1. The number of carbonyl (C=O) groups excluding carboxylic acids is 2. The van der Waals surface area contributed by atoms with Crippen molar-refractivity contribution in [3.8, 4) is 0 Å². The SMILES string of the molecule is CCc1nnc(CNC(=O)Cn2cc(C(C)=O)c3cccc(CC)c32)s1. The smallest absolute Gasteiger partial charge is 0.240 e. The van der Waals surface area contributed by atoms with E-state index in [-0.39, 0.29) is 18.2 Å². The fourth-order valence-electron chi connectivity index (χ4n) is 3.02. The lowest BCUT2D eigenvalue weighted by Crippen LogP contribution is -2.27. The zero-order chi connectivity index (χ0) is 18.7. The number of rotatable bonds is 7. The minimum atomic E-state index is -0.115. The predicted octanol–water partition coefficient (Wildman–Crippen LogP) is 3.14. The van der Waals surface area contributed by atoms with Crippen LogP contribution in [0.2, 0.25) is 0 Å². The fraction of sp³-hybridized carbons (Fsp3) is 0.368. The highest BCUT2D eigenvalue weighted by atomic mass is 32.1. The molecule has 0 unspecified atom stereocenters. The van der Waals surface area contributed by atoms with Crippen molar-refractivity contribution in [3.05, 3.63) is 45.5 Å². The minimum absolute atomic E-state index is 0.00312. The number of benzene rings is 1. The Hall–Kier alpha value is -2.54. The molecule has 2 heterocycles. The summed E-state index contributed by atoms with van der Waals surface area (Å²) in [6, 6.07) is 5.93. The highest BCUT2D eigenvalue weighted by molar-refractivity contribution is 7.11. The molecule has 7 heteroatoms. The number of ketones is 1. The molecule has 3 rings (SSSR count). The van der Waals surface area contributed by atoms with Gasteiger partial charge in [-0.05, 0) is 25.3 Å². The molecule has 1 N–H and O–H groups in total. The Balaban J connectivity index is 1.81. The van der Waals surface area contributed by atoms with E-state index in [1.807, 2.05) is 29.7 Å². The maximum absolute atomic E-state index is 12.4. The number of para-hydroxylation sites is 1. The highest BCUT2D eigenvalue weighted by Crippen LogP contribution is 2.26. The van der Waals surface area contributed by atoms with E-state index in [4.69, 9.17) is 0 Å². The van der Waals surface area contributed by atoms with Crippen molar-refractivity contribution >= 4 is 33.9 Å². The Kier molecular flexibility index (Phi) is 5.46. The van der Waals surface area contributed by atoms with Crippen molar-refractivity contribution in [3.63, 3.8) is 0 Å². The van der Waals surface area contributed by atoms with Gasteiger partial charge in [0.05, 0.1) is 12.1 Å². The number of aromatic nitrogens is 3. The van der Waals surface area contributed by atoms with Gasteiger partial charge in [0, 0.05) is 17.1 Å². The molecular formula is C19H22N4O2S. The first-order valence-corrected chi connectivity index (χ1v) is 9.54. The van der Waals surface area contributed by atoms with E-state index in [0.29, 0.717) is 12.1 Å². The van der Waals surface area contributed by atoms with E-state index in [1.54, 1.807) is 13.1 Å². The molecule has 2 aromatic heterocycles. The molecule has 6 nitrogen and oxygen atoms in total. The maximum atomic E-state index is 12.4. The van der Waals surface area contributed by atoms with Crippen molar-refractivity contribution < 1.29 is 9.59 Å². The quantitative estimate of drug-likeness (QED) is 0.648. The molecule has 0 spiro atoms. The van der Waals surface area contributed by atoms with Crippen molar-refractivity contribution in [1.29, 1.82) is 0 Å². The van der Waals surface area contributed by atoms with Gasteiger partial charge >= 0.3 is 0 Å². The Labute approximate surface area is 156 Å². The Morgan fingerprint density at radius 3 is 2.58 bits per heavy atom. The summed E-state index contributed by atoms with van der Waals surface area (Å²) in [4.78, 5) is 24.4. The van der Waals surface area contributed by atoms with Crippen LogP contribution in [-0.4, -0.2) is 26.5 Å². The first kappa shape index (κ1) is 18.3. The van der Waals surface area contributed by atoms with Gasteiger partial charge < -0.3 is 9.88 Å². The number of hydrogen-bond acceptors (Lipinski definition) is 5. The molecule has 0 radical (unpaired) electrons. The van der Waals surface area contributed by atoms with Crippen LogP contribution in [-0.2, 0) is 30.7 Å². The summed E-state index contributed by atoms with van der Waals surface area (Å²) in [5, 5.41) is 13.7. The Bertz CT molecular complexity index is 958. The second kappa shape index (κ2) is 7.78. The van der Waals surface area contributed by atoms with E-state index in [1.165, 1.54) is 11.3 Å². The number of hydrogen-bond donors (Lipinski definition) is 1. The molecule has 0 saturated carbocycles. The van der Waals surface area contributed by atoms with Crippen molar-refractivity contribution in [1.82, 2.24) is 20.1 Å². The Morgan fingerprint density at radius 2 is 1.92 bits per heavy atom. The third kappa shape index (κ3) is 3.67. The van der Waals surface area contributed by atoms with Crippen LogP contribution in [0.3, 0.4) is 0 Å². The number of nitrogens with zero attached hydrogens (tertiary/aromatic N) is 3. The van der Waals surface area contributed by atoms with Crippen LogP contribution in [0.4, 0.5) is 0 Å². The van der Waals surface area contributed by atoms with Gasteiger partial charge in [0.25, 0.3) is 0 Å². The zero-order valence-electron chi connectivity index (χ0n) is 15.2. The van der Waals surface area contributed by atoms with Crippen molar-refractivity contribution in [2.45, 2.75) is 46.7 Å². The maximum Gasteiger partial charge on any atom is 0.240 e. The molecule has 26 heavy (non-hydrogen) atoms. The Morgan fingerprint density at radius 1 is 1.15 bits per heavy atom. The van der Waals surface area contributed by atoms with Crippen LogP contribution in [0.15, 0.2) is 24.4 Å². The van der Waals surface area contributed by atoms with Gasteiger partial charge in [-0.25, -0.2) is 0 Å². The molecule has 0 atom stereocenters. The number of carbonyl (C=O) groups is 2. The first-order valence-electron chi connectivity index (χ1n) is 8.73. The lowest BCUT2D eigenvalue weighted by molar-refractivity contribution is -0.121. The number of amides is 1. The monoisotopic (exact) mass is 370 g/mol. The summed E-state index contributed by atoms with van der Waals surface area (Å²) in [5.41, 5.74) is 2.74. The van der Waals surface area contributed by atoms with E-state index >= 15 is 0 Å².